The molecule has 2 aliphatic rings. The maximum absolute atomic E-state index is 15.3. The molecule has 2 heterocycles. The van der Waals surface area contributed by atoms with Crippen molar-refractivity contribution in [3.05, 3.63) is 65.2 Å². The SMILES string of the molecule is Cc1ccc(CN2CCC(N3CC[C@@H](c4ccc(OC(=O)C(N)C(C)C)cc4)[C@H](F)C3)C2=O)cc1. The van der Waals surface area contributed by atoms with E-state index in [0.717, 1.165) is 17.5 Å². The Labute approximate surface area is 207 Å². The predicted octanol–water partition coefficient (Wildman–Crippen LogP) is 3.81. The highest BCUT2D eigenvalue weighted by atomic mass is 19.1. The molecule has 4 rings (SSSR count). The van der Waals surface area contributed by atoms with E-state index in [-0.39, 0.29) is 30.3 Å². The number of amides is 1. The summed E-state index contributed by atoms with van der Waals surface area (Å²) in [6.07, 6.45) is 0.312. The molecule has 0 radical (unpaired) electrons. The Morgan fingerprint density at radius 3 is 2.40 bits per heavy atom. The summed E-state index contributed by atoms with van der Waals surface area (Å²) < 4.78 is 20.6. The molecule has 188 valence electrons. The second-order valence-electron chi connectivity index (χ2n) is 10.2. The second-order valence-corrected chi connectivity index (χ2v) is 10.2. The number of hydrogen-bond acceptors (Lipinski definition) is 5. The normalized spacial score (nSPS) is 24.1. The van der Waals surface area contributed by atoms with Crippen LogP contribution in [0.2, 0.25) is 0 Å². The van der Waals surface area contributed by atoms with Gasteiger partial charge in [0.15, 0.2) is 0 Å². The second kappa shape index (κ2) is 10.9. The van der Waals surface area contributed by atoms with E-state index in [0.29, 0.717) is 31.8 Å². The lowest BCUT2D eigenvalue weighted by Gasteiger charge is -2.37. The minimum absolute atomic E-state index is 0.0133. The molecule has 4 atom stereocenters. The molecule has 0 spiro atoms. The predicted molar refractivity (Wildman–Crippen MR) is 134 cm³/mol. The Morgan fingerprint density at radius 2 is 1.77 bits per heavy atom. The summed E-state index contributed by atoms with van der Waals surface area (Å²) in [5.74, 6) is -0.216. The molecular formula is C28H36FN3O3. The average molecular weight is 482 g/mol. The lowest BCUT2D eigenvalue weighted by atomic mass is 9.87. The van der Waals surface area contributed by atoms with E-state index in [1.807, 2.05) is 42.7 Å². The Kier molecular flexibility index (Phi) is 7.87. The van der Waals surface area contributed by atoms with E-state index in [1.54, 1.807) is 12.1 Å². The molecule has 0 aromatic heterocycles. The maximum atomic E-state index is 15.3. The van der Waals surface area contributed by atoms with Crippen molar-refractivity contribution in [2.24, 2.45) is 11.7 Å². The van der Waals surface area contributed by atoms with Gasteiger partial charge in [-0.2, -0.15) is 0 Å². The van der Waals surface area contributed by atoms with Crippen LogP contribution in [-0.4, -0.2) is 59.6 Å². The maximum Gasteiger partial charge on any atom is 0.328 e. The number of aryl methyl sites for hydroxylation is 1. The fourth-order valence-electron chi connectivity index (χ4n) is 4.96. The number of halogens is 1. The van der Waals surface area contributed by atoms with Crippen LogP contribution < -0.4 is 10.5 Å². The largest absolute Gasteiger partial charge is 0.425 e. The van der Waals surface area contributed by atoms with Crippen LogP contribution in [0.25, 0.3) is 0 Å². The fourth-order valence-corrected chi connectivity index (χ4v) is 4.96. The number of alkyl halides is 1. The van der Waals surface area contributed by atoms with Gasteiger partial charge in [-0.3, -0.25) is 9.69 Å². The Hall–Kier alpha value is -2.77. The molecule has 2 aliphatic heterocycles. The first-order valence-corrected chi connectivity index (χ1v) is 12.5. The highest BCUT2D eigenvalue weighted by Crippen LogP contribution is 2.34. The van der Waals surface area contributed by atoms with Crippen LogP contribution in [0.5, 0.6) is 5.75 Å². The van der Waals surface area contributed by atoms with Crippen LogP contribution in [0, 0.1) is 12.8 Å². The first-order valence-electron chi connectivity index (χ1n) is 12.5. The number of piperidine rings is 1. The zero-order valence-electron chi connectivity index (χ0n) is 20.8. The van der Waals surface area contributed by atoms with E-state index in [4.69, 9.17) is 10.5 Å². The molecular weight excluding hydrogens is 445 g/mol. The van der Waals surface area contributed by atoms with Crippen molar-refractivity contribution >= 4 is 11.9 Å². The van der Waals surface area contributed by atoms with E-state index >= 15 is 4.39 Å². The van der Waals surface area contributed by atoms with Crippen LogP contribution in [0.1, 0.15) is 49.3 Å². The average Bonchev–Trinajstić information content (AvgIpc) is 3.20. The summed E-state index contributed by atoms with van der Waals surface area (Å²) in [5.41, 5.74) is 9.04. The quantitative estimate of drug-likeness (QED) is 0.481. The van der Waals surface area contributed by atoms with Gasteiger partial charge in [-0.1, -0.05) is 55.8 Å². The van der Waals surface area contributed by atoms with Gasteiger partial charge in [0.1, 0.15) is 18.0 Å². The first-order chi connectivity index (χ1) is 16.7. The molecule has 35 heavy (non-hydrogen) atoms. The fraction of sp³-hybridized carbons (Fsp3) is 0.500. The van der Waals surface area contributed by atoms with Gasteiger partial charge in [0.25, 0.3) is 0 Å². The number of carbonyl (C=O) groups is 2. The molecule has 1 amide bonds. The zero-order valence-corrected chi connectivity index (χ0v) is 20.8. The Morgan fingerprint density at radius 1 is 1.09 bits per heavy atom. The van der Waals surface area contributed by atoms with E-state index < -0.39 is 18.2 Å². The van der Waals surface area contributed by atoms with Gasteiger partial charge in [-0.05, 0) is 55.5 Å². The number of esters is 1. The number of nitrogens with two attached hydrogens (primary N) is 1. The van der Waals surface area contributed by atoms with Gasteiger partial charge in [-0.25, -0.2) is 9.18 Å². The van der Waals surface area contributed by atoms with Crippen molar-refractivity contribution in [3.63, 3.8) is 0 Å². The molecule has 0 aliphatic carbocycles. The summed E-state index contributed by atoms with van der Waals surface area (Å²) in [7, 11) is 0. The summed E-state index contributed by atoms with van der Waals surface area (Å²) >= 11 is 0. The van der Waals surface area contributed by atoms with E-state index in [9.17, 15) is 9.59 Å². The topological polar surface area (TPSA) is 75.9 Å². The summed E-state index contributed by atoms with van der Waals surface area (Å²) in [4.78, 5) is 29.0. The molecule has 2 aromatic rings. The van der Waals surface area contributed by atoms with Crippen LogP contribution in [0.3, 0.4) is 0 Å². The lowest BCUT2D eigenvalue weighted by Crippen LogP contribution is -2.49. The van der Waals surface area contributed by atoms with Crippen LogP contribution >= 0.6 is 0 Å². The number of likely N-dealkylation sites (tertiary alicyclic amines) is 2. The van der Waals surface area contributed by atoms with Crippen LogP contribution in [-0.2, 0) is 16.1 Å². The lowest BCUT2D eigenvalue weighted by molar-refractivity contribution is -0.137. The van der Waals surface area contributed by atoms with Crippen molar-refractivity contribution in [2.75, 3.05) is 19.6 Å². The van der Waals surface area contributed by atoms with Gasteiger partial charge in [0, 0.05) is 25.6 Å². The Bertz CT molecular complexity index is 1020. The van der Waals surface area contributed by atoms with Crippen LogP contribution in [0.4, 0.5) is 4.39 Å². The minimum atomic E-state index is -1.06. The molecule has 2 fully saturated rings. The van der Waals surface area contributed by atoms with E-state index in [1.165, 1.54) is 5.56 Å². The smallest absolute Gasteiger partial charge is 0.328 e. The minimum Gasteiger partial charge on any atom is -0.425 e. The van der Waals surface area contributed by atoms with Gasteiger partial charge in [0.05, 0.1) is 6.04 Å². The molecule has 0 saturated carbocycles. The molecule has 2 aromatic carbocycles. The molecule has 6 nitrogen and oxygen atoms in total. The van der Waals surface area contributed by atoms with Crippen molar-refractivity contribution < 1.29 is 18.7 Å². The van der Waals surface area contributed by atoms with Crippen molar-refractivity contribution in [1.29, 1.82) is 0 Å². The summed E-state index contributed by atoms with van der Waals surface area (Å²) in [6.45, 7) is 8.01. The molecule has 7 heteroatoms. The third kappa shape index (κ3) is 5.90. The number of rotatable bonds is 7. The van der Waals surface area contributed by atoms with Gasteiger partial charge in [-0.15, -0.1) is 0 Å². The highest BCUT2D eigenvalue weighted by molar-refractivity contribution is 5.84. The van der Waals surface area contributed by atoms with Gasteiger partial charge >= 0.3 is 5.97 Å². The van der Waals surface area contributed by atoms with Crippen molar-refractivity contribution in [1.82, 2.24) is 9.80 Å². The first kappa shape index (κ1) is 25.3. The third-order valence-corrected chi connectivity index (χ3v) is 7.29. The molecule has 2 saturated heterocycles. The summed E-state index contributed by atoms with van der Waals surface area (Å²) in [6, 6.07) is 14.3. The zero-order chi connectivity index (χ0) is 25.1. The standard InChI is InChI=1S/C28H36FN3O3/c1-18(2)26(30)28(34)35-22-10-8-21(9-11-22)23-12-14-31(17-24(23)29)25-13-15-32(27(25)33)16-20-6-4-19(3)5-7-20/h4-11,18,23-26H,12-17,30H2,1-3H3/t23-,24+,25?,26?/m0/s1. The van der Waals surface area contributed by atoms with Crippen LogP contribution in [0.15, 0.2) is 48.5 Å². The monoisotopic (exact) mass is 481 g/mol. The van der Waals surface area contributed by atoms with Crippen molar-refractivity contribution in [2.45, 2.75) is 64.3 Å². The van der Waals surface area contributed by atoms with Gasteiger partial charge in [0.2, 0.25) is 5.91 Å². The Balaban J connectivity index is 1.32. The number of nitrogens with zero attached hydrogens (tertiary/aromatic N) is 2. The van der Waals surface area contributed by atoms with E-state index in [2.05, 4.69) is 24.3 Å². The molecule has 0 bridgehead atoms. The number of carbonyl (C=O) groups excluding carboxylic acids is 2. The summed E-state index contributed by atoms with van der Waals surface area (Å²) in [5, 5.41) is 0. The molecule has 2 unspecified atom stereocenters. The van der Waals surface area contributed by atoms with Crippen molar-refractivity contribution in [3.8, 4) is 5.75 Å². The number of benzene rings is 2. The molecule has 2 N–H and O–H groups in total. The third-order valence-electron chi connectivity index (χ3n) is 7.29. The number of hydrogen-bond donors (Lipinski definition) is 1. The number of ether oxygens (including phenoxy) is 1. The van der Waals surface area contributed by atoms with Gasteiger partial charge < -0.3 is 15.4 Å². The highest BCUT2D eigenvalue weighted by Gasteiger charge is 2.40.